The summed E-state index contributed by atoms with van der Waals surface area (Å²) in [5.41, 5.74) is 0.0175. The molecule has 1 amide bonds. The SMILES string of the molecule is CCCNC(=O)CN1CCC(c2nn(C)c(=O)n2C2CC2)CC1. The van der Waals surface area contributed by atoms with Gasteiger partial charge in [-0.15, -0.1) is 0 Å². The number of aryl methyl sites for hydroxylation is 1. The Kier molecular flexibility index (Phi) is 4.84. The molecule has 1 saturated carbocycles. The van der Waals surface area contributed by atoms with Crippen LogP contribution < -0.4 is 11.0 Å². The molecule has 2 heterocycles. The topological polar surface area (TPSA) is 72.2 Å². The highest BCUT2D eigenvalue weighted by Crippen LogP contribution is 2.37. The summed E-state index contributed by atoms with van der Waals surface area (Å²) in [7, 11) is 1.73. The highest BCUT2D eigenvalue weighted by Gasteiger charge is 2.33. The summed E-state index contributed by atoms with van der Waals surface area (Å²) >= 11 is 0. The van der Waals surface area contributed by atoms with Crippen LogP contribution >= 0.6 is 0 Å². The van der Waals surface area contributed by atoms with Crippen molar-refractivity contribution < 1.29 is 4.79 Å². The molecule has 23 heavy (non-hydrogen) atoms. The molecule has 2 aliphatic rings. The molecule has 0 unspecified atom stereocenters. The minimum absolute atomic E-state index is 0.0175. The molecule has 0 radical (unpaired) electrons. The van der Waals surface area contributed by atoms with E-state index >= 15 is 0 Å². The molecule has 0 aromatic carbocycles. The lowest BCUT2D eigenvalue weighted by Gasteiger charge is -2.31. The summed E-state index contributed by atoms with van der Waals surface area (Å²) in [5.74, 6) is 1.40. The van der Waals surface area contributed by atoms with Crippen molar-refractivity contribution in [2.75, 3.05) is 26.2 Å². The lowest BCUT2D eigenvalue weighted by atomic mass is 9.96. The first-order valence-electron chi connectivity index (χ1n) is 8.74. The van der Waals surface area contributed by atoms with Crippen molar-refractivity contribution in [2.45, 2.75) is 51.0 Å². The van der Waals surface area contributed by atoms with Gasteiger partial charge in [0, 0.05) is 25.6 Å². The van der Waals surface area contributed by atoms with Crippen LogP contribution in [-0.4, -0.2) is 51.3 Å². The number of hydrogen-bond acceptors (Lipinski definition) is 4. The lowest BCUT2D eigenvalue weighted by molar-refractivity contribution is -0.122. The van der Waals surface area contributed by atoms with Crippen molar-refractivity contribution in [3.05, 3.63) is 16.3 Å². The van der Waals surface area contributed by atoms with Crippen LogP contribution in [0.15, 0.2) is 4.79 Å². The van der Waals surface area contributed by atoms with E-state index in [-0.39, 0.29) is 11.6 Å². The number of hydrogen-bond donors (Lipinski definition) is 1. The molecule has 1 aliphatic heterocycles. The lowest BCUT2D eigenvalue weighted by Crippen LogP contribution is -2.41. The van der Waals surface area contributed by atoms with Gasteiger partial charge in [-0.1, -0.05) is 6.92 Å². The van der Waals surface area contributed by atoms with Crippen LogP contribution in [0.3, 0.4) is 0 Å². The van der Waals surface area contributed by atoms with E-state index in [9.17, 15) is 9.59 Å². The Morgan fingerprint density at radius 1 is 1.26 bits per heavy atom. The zero-order valence-corrected chi connectivity index (χ0v) is 14.1. The third kappa shape index (κ3) is 3.65. The summed E-state index contributed by atoms with van der Waals surface area (Å²) in [6.45, 7) is 5.05. The number of amides is 1. The monoisotopic (exact) mass is 321 g/mol. The van der Waals surface area contributed by atoms with Gasteiger partial charge in [-0.05, 0) is 45.2 Å². The molecule has 128 valence electrons. The van der Waals surface area contributed by atoms with Crippen LogP contribution in [0, 0.1) is 0 Å². The van der Waals surface area contributed by atoms with E-state index in [1.807, 2.05) is 4.57 Å². The Morgan fingerprint density at radius 2 is 1.96 bits per heavy atom. The Labute approximate surface area is 136 Å². The Balaban J connectivity index is 1.58. The first-order chi connectivity index (χ1) is 11.1. The maximum atomic E-state index is 12.2. The van der Waals surface area contributed by atoms with Crippen LogP contribution in [0.4, 0.5) is 0 Å². The third-order valence-corrected chi connectivity index (χ3v) is 4.79. The maximum Gasteiger partial charge on any atom is 0.345 e. The molecule has 0 spiro atoms. The molecule has 1 aromatic heterocycles. The number of carbonyl (C=O) groups excluding carboxylic acids is 1. The van der Waals surface area contributed by atoms with E-state index in [1.54, 1.807) is 7.05 Å². The average molecular weight is 321 g/mol. The van der Waals surface area contributed by atoms with Crippen LogP contribution in [0.1, 0.15) is 56.8 Å². The van der Waals surface area contributed by atoms with Gasteiger partial charge in [0.2, 0.25) is 5.91 Å². The standard InChI is InChI=1S/C16H27N5O2/c1-3-8-17-14(22)11-20-9-6-12(7-10-20)15-18-19(2)16(23)21(15)13-4-5-13/h12-13H,3-11H2,1-2H3,(H,17,22). The van der Waals surface area contributed by atoms with Crippen molar-refractivity contribution >= 4 is 5.91 Å². The number of nitrogens with one attached hydrogen (secondary N) is 1. The predicted molar refractivity (Wildman–Crippen MR) is 87.5 cm³/mol. The van der Waals surface area contributed by atoms with Gasteiger partial charge < -0.3 is 5.32 Å². The van der Waals surface area contributed by atoms with Crippen molar-refractivity contribution in [1.29, 1.82) is 0 Å². The van der Waals surface area contributed by atoms with Gasteiger partial charge in [0.15, 0.2) is 0 Å². The third-order valence-electron chi connectivity index (χ3n) is 4.79. The Bertz CT molecular complexity index is 608. The van der Waals surface area contributed by atoms with E-state index in [4.69, 9.17) is 0 Å². The second kappa shape index (κ2) is 6.86. The first-order valence-corrected chi connectivity index (χ1v) is 8.74. The second-order valence-electron chi connectivity index (χ2n) is 6.77. The maximum absolute atomic E-state index is 12.2. The molecule has 1 aromatic rings. The van der Waals surface area contributed by atoms with E-state index in [1.165, 1.54) is 4.68 Å². The van der Waals surface area contributed by atoms with Crippen molar-refractivity contribution in [3.63, 3.8) is 0 Å². The van der Waals surface area contributed by atoms with Crippen molar-refractivity contribution in [1.82, 2.24) is 24.6 Å². The molecule has 2 fully saturated rings. The number of rotatable bonds is 6. The molecule has 7 nitrogen and oxygen atoms in total. The minimum Gasteiger partial charge on any atom is -0.355 e. The summed E-state index contributed by atoms with van der Waals surface area (Å²) in [6, 6.07) is 0.365. The quantitative estimate of drug-likeness (QED) is 0.834. The molecule has 0 atom stereocenters. The fourth-order valence-electron chi connectivity index (χ4n) is 3.33. The van der Waals surface area contributed by atoms with Crippen LogP contribution in [0.5, 0.6) is 0 Å². The second-order valence-corrected chi connectivity index (χ2v) is 6.77. The van der Waals surface area contributed by atoms with Crippen LogP contribution in [-0.2, 0) is 11.8 Å². The summed E-state index contributed by atoms with van der Waals surface area (Å²) in [5, 5.41) is 7.41. The average Bonchev–Trinajstić information content (AvgIpc) is 3.33. The van der Waals surface area contributed by atoms with Crippen LogP contribution in [0.25, 0.3) is 0 Å². The van der Waals surface area contributed by atoms with Gasteiger partial charge in [0.25, 0.3) is 0 Å². The van der Waals surface area contributed by atoms with Crippen molar-refractivity contribution in [2.24, 2.45) is 7.05 Å². The molecule has 1 N–H and O–H groups in total. The fourth-order valence-corrected chi connectivity index (χ4v) is 3.33. The van der Waals surface area contributed by atoms with E-state index < -0.39 is 0 Å². The fraction of sp³-hybridized carbons (Fsp3) is 0.812. The summed E-state index contributed by atoms with van der Waals surface area (Å²) in [6.07, 6.45) is 5.07. The summed E-state index contributed by atoms with van der Waals surface area (Å²) in [4.78, 5) is 26.2. The smallest absolute Gasteiger partial charge is 0.345 e. The molecule has 3 rings (SSSR count). The van der Waals surface area contributed by atoms with Gasteiger partial charge in [0.1, 0.15) is 5.82 Å². The molecular weight excluding hydrogens is 294 g/mol. The van der Waals surface area contributed by atoms with E-state index in [2.05, 4.69) is 22.2 Å². The molecule has 7 heteroatoms. The van der Waals surface area contributed by atoms with Crippen molar-refractivity contribution in [3.8, 4) is 0 Å². The van der Waals surface area contributed by atoms with Crippen LogP contribution in [0.2, 0.25) is 0 Å². The molecular formula is C16H27N5O2. The number of aromatic nitrogens is 3. The zero-order valence-electron chi connectivity index (χ0n) is 14.1. The zero-order chi connectivity index (χ0) is 16.4. The molecule has 0 bridgehead atoms. The van der Waals surface area contributed by atoms with Gasteiger partial charge in [-0.2, -0.15) is 5.10 Å². The van der Waals surface area contributed by atoms with E-state index in [0.717, 1.165) is 57.6 Å². The van der Waals surface area contributed by atoms with Gasteiger partial charge >= 0.3 is 5.69 Å². The number of likely N-dealkylation sites (tertiary alicyclic amines) is 1. The number of carbonyl (C=O) groups is 1. The Hall–Kier alpha value is -1.63. The minimum atomic E-state index is 0.0175. The predicted octanol–water partition coefficient (Wildman–Crippen LogP) is 0.622. The number of piperidine rings is 1. The first kappa shape index (κ1) is 16.2. The molecule has 1 aliphatic carbocycles. The normalized spacial score (nSPS) is 19.9. The largest absolute Gasteiger partial charge is 0.355 e. The highest BCUT2D eigenvalue weighted by atomic mass is 16.2. The van der Waals surface area contributed by atoms with E-state index in [0.29, 0.717) is 18.5 Å². The van der Waals surface area contributed by atoms with Gasteiger partial charge in [-0.25, -0.2) is 9.48 Å². The number of nitrogens with zero attached hydrogens (tertiary/aromatic N) is 4. The Morgan fingerprint density at radius 3 is 2.57 bits per heavy atom. The highest BCUT2D eigenvalue weighted by molar-refractivity contribution is 5.77. The molecule has 1 saturated heterocycles. The van der Waals surface area contributed by atoms with Gasteiger partial charge in [0.05, 0.1) is 6.54 Å². The summed E-state index contributed by atoms with van der Waals surface area (Å²) < 4.78 is 3.38. The van der Waals surface area contributed by atoms with Gasteiger partial charge in [-0.3, -0.25) is 14.3 Å².